The molecule has 0 fully saturated rings. The Morgan fingerprint density at radius 2 is 2.00 bits per heavy atom. The van der Waals surface area contributed by atoms with Gasteiger partial charge in [-0.1, -0.05) is 6.07 Å². The molecule has 8 heteroatoms. The molecule has 0 spiro atoms. The molecule has 3 rings (SSSR count). The molecule has 0 radical (unpaired) electrons. The number of halogens is 1. The van der Waals surface area contributed by atoms with Crippen LogP contribution in [0.15, 0.2) is 42.1 Å². The number of rotatable bonds is 6. The van der Waals surface area contributed by atoms with Gasteiger partial charge in [0.05, 0.1) is 11.4 Å². The molecule has 1 atom stereocenters. The lowest BCUT2D eigenvalue weighted by Crippen LogP contribution is -2.19. The molecule has 7 nitrogen and oxygen atoms in total. The molecule has 1 heterocycles. The van der Waals surface area contributed by atoms with Gasteiger partial charge in [-0.2, -0.15) is 0 Å². The Morgan fingerprint density at radius 1 is 1.23 bits per heavy atom. The standard InChI is InChI=1S/C22H25FN6O/c1-12-8-19(30)29-22-17(23)6-5-15(21(22)28-12)13-4-7-18(27-3)16(9-13)20(25)14(10-24)11-26-2/h4-7,9-12,24-28H,8H2,1-3H3,(H,29,30)/b14-11+,24-10?,25-20?/t12-/m1/s1. The average molecular weight is 408 g/mol. The van der Waals surface area contributed by atoms with E-state index in [-0.39, 0.29) is 29.8 Å². The van der Waals surface area contributed by atoms with Gasteiger partial charge in [-0.05, 0) is 36.8 Å². The average Bonchev–Trinajstić information content (AvgIpc) is 2.89. The van der Waals surface area contributed by atoms with Crippen LogP contribution in [0.4, 0.5) is 21.5 Å². The maximum Gasteiger partial charge on any atom is 0.226 e. The van der Waals surface area contributed by atoms with Crippen molar-refractivity contribution in [3.8, 4) is 11.1 Å². The summed E-state index contributed by atoms with van der Waals surface area (Å²) in [4.78, 5) is 12.1. The summed E-state index contributed by atoms with van der Waals surface area (Å²) in [6.45, 7) is 1.87. The van der Waals surface area contributed by atoms with Crippen molar-refractivity contribution < 1.29 is 9.18 Å². The van der Waals surface area contributed by atoms with Gasteiger partial charge >= 0.3 is 0 Å². The van der Waals surface area contributed by atoms with Crippen molar-refractivity contribution in [2.45, 2.75) is 19.4 Å². The second kappa shape index (κ2) is 8.77. The van der Waals surface area contributed by atoms with E-state index < -0.39 is 5.82 Å². The Bertz CT molecular complexity index is 1050. The number of anilines is 3. The second-order valence-electron chi connectivity index (χ2n) is 7.06. The number of benzene rings is 2. The first-order chi connectivity index (χ1) is 14.4. The van der Waals surface area contributed by atoms with Gasteiger partial charge in [0.2, 0.25) is 5.91 Å². The number of fused-ring (bicyclic) bond motifs is 1. The highest BCUT2D eigenvalue weighted by atomic mass is 19.1. The lowest BCUT2D eigenvalue weighted by molar-refractivity contribution is -0.116. The molecule has 0 saturated heterocycles. The molecule has 0 saturated carbocycles. The van der Waals surface area contributed by atoms with Gasteiger partial charge in [-0.25, -0.2) is 4.39 Å². The van der Waals surface area contributed by atoms with E-state index in [9.17, 15) is 9.18 Å². The van der Waals surface area contributed by atoms with Crippen molar-refractivity contribution in [1.82, 2.24) is 5.32 Å². The first-order valence-electron chi connectivity index (χ1n) is 9.57. The number of hydrogen-bond donors (Lipinski definition) is 6. The Hall–Kier alpha value is -3.68. The summed E-state index contributed by atoms with van der Waals surface area (Å²) in [5, 5.41) is 28.0. The molecule has 0 aromatic heterocycles. The fourth-order valence-electron chi connectivity index (χ4n) is 3.49. The second-order valence-corrected chi connectivity index (χ2v) is 7.06. The van der Waals surface area contributed by atoms with E-state index in [4.69, 9.17) is 10.8 Å². The molecule has 1 aliphatic rings. The number of hydrogen-bond acceptors (Lipinski definition) is 6. The molecular weight excluding hydrogens is 383 g/mol. The zero-order valence-electron chi connectivity index (χ0n) is 17.1. The smallest absolute Gasteiger partial charge is 0.226 e. The van der Waals surface area contributed by atoms with Gasteiger partial charge in [-0.15, -0.1) is 0 Å². The third kappa shape index (κ3) is 4.03. The molecule has 30 heavy (non-hydrogen) atoms. The molecule has 2 aromatic carbocycles. The predicted molar refractivity (Wildman–Crippen MR) is 120 cm³/mol. The third-order valence-electron chi connectivity index (χ3n) is 4.91. The van der Waals surface area contributed by atoms with Gasteiger partial charge in [0, 0.05) is 61.4 Å². The van der Waals surface area contributed by atoms with Crippen LogP contribution >= 0.6 is 0 Å². The van der Waals surface area contributed by atoms with E-state index in [2.05, 4.69) is 21.3 Å². The summed E-state index contributed by atoms with van der Waals surface area (Å²) < 4.78 is 14.5. The molecule has 156 valence electrons. The van der Waals surface area contributed by atoms with E-state index in [1.165, 1.54) is 6.07 Å². The fourth-order valence-corrected chi connectivity index (χ4v) is 3.49. The topological polar surface area (TPSA) is 113 Å². The quantitative estimate of drug-likeness (QED) is 0.408. The Balaban J connectivity index is 2.17. The summed E-state index contributed by atoms with van der Waals surface area (Å²) in [6.07, 6.45) is 2.94. The van der Waals surface area contributed by atoms with Crippen LogP contribution in [-0.2, 0) is 4.79 Å². The minimum atomic E-state index is -0.508. The largest absolute Gasteiger partial charge is 0.393 e. The van der Waals surface area contributed by atoms with Crippen LogP contribution < -0.4 is 21.3 Å². The van der Waals surface area contributed by atoms with E-state index in [1.807, 2.05) is 25.1 Å². The van der Waals surface area contributed by atoms with Crippen molar-refractivity contribution >= 4 is 34.9 Å². The summed E-state index contributed by atoms with van der Waals surface area (Å²) in [7, 11) is 3.47. The van der Waals surface area contributed by atoms with E-state index >= 15 is 0 Å². The lowest BCUT2D eigenvalue weighted by Gasteiger charge is -2.19. The molecule has 0 unspecified atom stereocenters. The van der Waals surface area contributed by atoms with E-state index in [1.54, 1.807) is 26.4 Å². The van der Waals surface area contributed by atoms with Gasteiger partial charge in [0.25, 0.3) is 0 Å². The molecule has 0 bridgehead atoms. The van der Waals surface area contributed by atoms with Crippen molar-refractivity contribution in [3.63, 3.8) is 0 Å². The predicted octanol–water partition coefficient (Wildman–Crippen LogP) is 3.80. The summed E-state index contributed by atoms with van der Waals surface area (Å²) in [6, 6.07) is 8.37. The van der Waals surface area contributed by atoms with Gasteiger partial charge < -0.3 is 26.7 Å². The van der Waals surface area contributed by atoms with Crippen molar-refractivity contribution in [2.75, 3.05) is 30.0 Å². The van der Waals surface area contributed by atoms with Crippen molar-refractivity contribution in [2.24, 2.45) is 0 Å². The van der Waals surface area contributed by atoms with Crippen LogP contribution in [0.1, 0.15) is 18.9 Å². The molecular formula is C22H25FN6O. The van der Waals surface area contributed by atoms with Crippen LogP contribution in [0.25, 0.3) is 11.1 Å². The van der Waals surface area contributed by atoms with Crippen LogP contribution in [-0.4, -0.2) is 38.0 Å². The molecule has 6 N–H and O–H groups in total. The van der Waals surface area contributed by atoms with E-state index in [0.29, 0.717) is 22.4 Å². The first-order valence-corrected chi connectivity index (χ1v) is 9.57. The SMILES string of the molecule is CN/C=C(\C=N)C(=N)c1cc(-c2ccc(F)c3c2N[C@H](C)CC(=O)N3)ccc1NC. The Kier molecular flexibility index (Phi) is 6.15. The van der Waals surface area contributed by atoms with Gasteiger partial charge in [0.1, 0.15) is 11.5 Å². The zero-order chi connectivity index (χ0) is 21.8. The van der Waals surface area contributed by atoms with Crippen molar-refractivity contribution in [1.29, 1.82) is 10.8 Å². The zero-order valence-corrected chi connectivity index (χ0v) is 17.1. The molecule has 0 aliphatic carbocycles. The van der Waals surface area contributed by atoms with Crippen LogP contribution in [0.3, 0.4) is 0 Å². The summed E-state index contributed by atoms with van der Waals surface area (Å²) in [5.41, 5.74) is 4.05. The highest BCUT2D eigenvalue weighted by Crippen LogP contribution is 2.39. The number of nitrogens with one attached hydrogen (secondary N) is 6. The molecule has 2 aromatic rings. The number of carbonyl (C=O) groups is 1. The lowest BCUT2D eigenvalue weighted by atomic mass is 9.95. The molecule has 1 amide bonds. The summed E-state index contributed by atoms with van der Waals surface area (Å²) in [5.74, 6) is -0.753. The fraction of sp³-hybridized carbons (Fsp3) is 0.227. The Morgan fingerprint density at radius 3 is 2.67 bits per heavy atom. The summed E-state index contributed by atoms with van der Waals surface area (Å²) >= 11 is 0. The minimum absolute atomic E-state index is 0.131. The van der Waals surface area contributed by atoms with Crippen LogP contribution in [0.2, 0.25) is 0 Å². The Labute approximate surface area is 174 Å². The minimum Gasteiger partial charge on any atom is -0.393 e. The van der Waals surface area contributed by atoms with Crippen molar-refractivity contribution in [3.05, 3.63) is 53.5 Å². The number of allylic oxidation sites excluding steroid dienone is 1. The monoisotopic (exact) mass is 408 g/mol. The van der Waals surface area contributed by atoms with Gasteiger partial charge in [0.15, 0.2) is 0 Å². The third-order valence-corrected chi connectivity index (χ3v) is 4.91. The first kappa shape index (κ1) is 21.0. The highest BCUT2D eigenvalue weighted by molar-refractivity contribution is 6.24. The normalized spacial score (nSPS) is 15.9. The number of amides is 1. The highest BCUT2D eigenvalue weighted by Gasteiger charge is 2.24. The van der Waals surface area contributed by atoms with E-state index in [0.717, 1.165) is 17.5 Å². The maximum atomic E-state index is 14.5. The van der Waals surface area contributed by atoms with Crippen LogP contribution in [0, 0.1) is 16.6 Å². The maximum absolute atomic E-state index is 14.5. The van der Waals surface area contributed by atoms with Gasteiger partial charge in [-0.3, -0.25) is 10.2 Å². The molecule has 1 aliphatic heterocycles. The number of carbonyl (C=O) groups excluding carboxylic acids is 1. The van der Waals surface area contributed by atoms with Crippen LogP contribution in [0.5, 0.6) is 0 Å².